The molecule has 1 rings (SSSR count). The van der Waals surface area contributed by atoms with Gasteiger partial charge in [-0.25, -0.2) is 0 Å². The van der Waals surface area contributed by atoms with Crippen LogP contribution in [0.3, 0.4) is 0 Å². The summed E-state index contributed by atoms with van der Waals surface area (Å²) in [7, 11) is 3.61. The second-order valence-corrected chi connectivity index (χ2v) is 4.64. The van der Waals surface area contributed by atoms with E-state index in [1.807, 2.05) is 13.8 Å². The molecule has 0 spiro atoms. The Balaban J connectivity index is -0.000000138. The summed E-state index contributed by atoms with van der Waals surface area (Å²) < 4.78 is 0. The summed E-state index contributed by atoms with van der Waals surface area (Å²) in [4.78, 5) is 0. The zero-order valence-electron chi connectivity index (χ0n) is 15.9. The van der Waals surface area contributed by atoms with E-state index < -0.39 is 0 Å². The van der Waals surface area contributed by atoms with Crippen LogP contribution in [0.25, 0.3) is 16.0 Å². The Morgan fingerprint density at radius 3 is 1.91 bits per heavy atom. The molecule has 0 bridgehead atoms. The van der Waals surface area contributed by atoms with E-state index in [2.05, 4.69) is 48.0 Å². The average molecular weight is 343 g/mol. The third kappa shape index (κ3) is 25.1. The van der Waals surface area contributed by atoms with E-state index in [4.69, 9.17) is 0 Å². The van der Waals surface area contributed by atoms with Crippen molar-refractivity contribution in [3.05, 3.63) is 47.2 Å². The van der Waals surface area contributed by atoms with Gasteiger partial charge in [-0.1, -0.05) is 64.3 Å². The minimum Gasteiger partial charge on any atom is -0.665 e. The van der Waals surface area contributed by atoms with E-state index in [1.165, 1.54) is 5.57 Å². The topological polar surface area (TPSA) is 42.3 Å². The Morgan fingerprint density at radius 1 is 1.09 bits per heavy atom. The summed E-state index contributed by atoms with van der Waals surface area (Å²) >= 11 is 0. The summed E-state index contributed by atoms with van der Waals surface area (Å²) in [6.45, 7) is 11.3. The number of allylic oxidation sites excluding steroid dienone is 3. The minimum atomic E-state index is 0. The third-order valence-corrected chi connectivity index (χ3v) is 2.95. The molecular formula is C18H37N3Ti. The first kappa shape index (κ1) is 30.0. The first-order valence-electron chi connectivity index (χ1n) is 7.78. The van der Waals surface area contributed by atoms with Crippen LogP contribution in [-0.4, -0.2) is 39.8 Å². The van der Waals surface area contributed by atoms with Crippen LogP contribution in [0.5, 0.6) is 0 Å². The van der Waals surface area contributed by atoms with Crippen LogP contribution in [0.4, 0.5) is 0 Å². The van der Waals surface area contributed by atoms with E-state index in [0.717, 1.165) is 38.9 Å². The molecule has 22 heavy (non-hydrogen) atoms. The largest absolute Gasteiger partial charge is 4.00 e. The Morgan fingerprint density at radius 2 is 1.59 bits per heavy atom. The fourth-order valence-corrected chi connectivity index (χ4v) is 1.23. The van der Waals surface area contributed by atoms with E-state index in [1.54, 1.807) is 14.1 Å². The maximum Gasteiger partial charge on any atom is 4.00 e. The summed E-state index contributed by atoms with van der Waals surface area (Å²) in [6.07, 6.45) is 10.0. The molecule has 0 saturated carbocycles. The van der Waals surface area contributed by atoms with Gasteiger partial charge < -0.3 is 23.4 Å². The van der Waals surface area contributed by atoms with Gasteiger partial charge in [0.15, 0.2) is 0 Å². The van der Waals surface area contributed by atoms with Crippen LogP contribution < -0.4 is 0 Å². The van der Waals surface area contributed by atoms with Crippen molar-refractivity contribution in [1.29, 1.82) is 0 Å². The summed E-state index contributed by atoms with van der Waals surface area (Å²) in [6, 6.07) is 0.542. The molecule has 3 nitrogen and oxygen atoms in total. The minimum absolute atomic E-state index is 0. The molecule has 1 aliphatic carbocycles. The van der Waals surface area contributed by atoms with Gasteiger partial charge in [-0.15, -0.1) is 12.6 Å². The predicted octanol–water partition coefficient (Wildman–Crippen LogP) is 5.90. The molecule has 1 atom stereocenters. The van der Waals surface area contributed by atoms with E-state index in [0.29, 0.717) is 6.04 Å². The van der Waals surface area contributed by atoms with Gasteiger partial charge in [-0.3, -0.25) is 0 Å². The van der Waals surface area contributed by atoms with Crippen molar-refractivity contribution in [3.8, 4) is 0 Å². The van der Waals surface area contributed by atoms with Crippen LogP contribution >= 0.6 is 0 Å². The standard InChI is InChI=1S/C11H18N.2C3H8N.CH3.Ti/c1-3-10(2)12-9-8-11-6-4-5-7-11;2*1-3-4-2;;/h4-6,10H,3,7-9H2,1-2H3;2*3H2,1-2H3;1H3;/q4*-1;+4. The predicted molar refractivity (Wildman–Crippen MR) is 100 cm³/mol. The van der Waals surface area contributed by atoms with Crippen LogP contribution in [0.2, 0.25) is 0 Å². The van der Waals surface area contributed by atoms with Gasteiger partial charge in [0.2, 0.25) is 0 Å². The van der Waals surface area contributed by atoms with Crippen molar-refractivity contribution in [2.24, 2.45) is 0 Å². The molecule has 0 heterocycles. The van der Waals surface area contributed by atoms with E-state index in [-0.39, 0.29) is 29.1 Å². The zero-order chi connectivity index (χ0) is 15.6. The van der Waals surface area contributed by atoms with E-state index in [9.17, 15) is 0 Å². The smallest absolute Gasteiger partial charge is 0.665 e. The van der Waals surface area contributed by atoms with Crippen molar-refractivity contribution in [2.45, 2.75) is 53.0 Å². The first-order chi connectivity index (χ1) is 9.65. The molecule has 128 valence electrons. The Hall–Kier alpha value is 0.0743. The van der Waals surface area contributed by atoms with Crippen molar-refractivity contribution in [1.82, 2.24) is 0 Å². The molecule has 0 saturated heterocycles. The van der Waals surface area contributed by atoms with Gasteiger partial charge in [0.1, 0.15) is 0 Å². The molecule has 0 radical (unpaired) electrons. The molecule has 0 aromatic heterocycles. The van der Waals surface area contributed by atoms with Gasteiger partial charge in [-0.05, 0) is 6.42 Å². The zero-order valence-corrected chi connectivity index (χ0v) is 17.5. The summed E-state index contributed by atoms with van der Waals surface area (Å²) in [5.74, 6) is 0. The molecule has 0 aromatic carbocycles. The molecule has 0 N–H and O–H groups in total. The first-order valence-corrected chi connectivity index (χ1v) is 7.78. The van der Waals surface area contributed by atoms with Gasteiger partial charge >= 0.3 is 21.7 Å². The van der Waals surface area contributed by atoms with Gasteiger partial charge in [-0.2, -0.15) is 27.2 Å². The SMILES string of the molecule is CCC(C)[N-]CCC1=CC=CC1.CC[N-]C.CC[N-]C.[CH3-].[Ti+4]. The number of hydrogen-bond acceptors (Lipinski definition) is 0. The number of rotatable bonds is 7. The fraction of sp³-hybridized carbons (Fsp3) is 0.722. The summed E-state index contributed by atoms with van der Waals surface area (Å²) in [5.41, 5.74) is 1.53. The van der Waals surface area contributed by atoms with Crippen molar-refractivity contribution < 1.29 is 21.7 Å². The van der Waals surface area contributed by atoms with Crippen LogP contribution in [-0.2, 0) is 21.7 Å². The average Bonchev–Trinajstić information content (AvgIpc) is 3.00. The fourth-order valence-electron chi connectivity index (χ4n) is 1.23. The molecule has 1 aliphatic rings. The summed E-state index contributed by atoms with van der Waals surface area (Å²) in [5, 5.41) is 12.0. The number of hydrogen-bond donors (Lipinski definition) is 0. The normalized spacial score (nSPS) is 12.5. The quantitative estimate of drug-likeness (QED) is 0.408. The Kier molecular flexibility index (Phi) is 35.5. The molecule has 1 unspecified atom stereocenters. The Labute approximate surface area is 155 Å². The molecule has 0 aliphatic heterocycles. The van der Waals surface area contributed by atoms with Crippen LogP contribution in [0, 0.1) is 7.43 Å². The second-order valence-electron chi connectivity index (χ2n) is 4.64. The van der Waals surface area contributed by atoms with Gasteiger partial charge in [0, 0.05) is 0 Å². The van der Waals surface area contributed by atoms with Crippen molar-refractivity contribution in [3.63, 3.8) is 0 Å². The van der Waals surface area contributed by atoms with Gasteiger partial charge in [0.25, 0.3) is 0 Å². The van der Waals surface area contributed by atoms with Crippen LogP contribution in [0.15, 0.2) is 23.8 Å². The maximum atomic E-state index is 4.54. The van der Waals surface area contributed by atoms with Crippen molar-refractivity contribution in [2.75, 3.05) is 33.7 Å². The molecule has 0 fully saturated rings. The molecule has 0 amide bonds. The molecule has 0 aromatic rings. The monoisotopic (exact) mass is 343 g/mol. The van der Waals surface area contributed by atoms with Crippen molar-refractivity contribution >= 4 is 0 Å². The third-order valence-electron chi connectivity index (χ3n) is 2.95. The number of nitrogens with zero attached hydrogens (tertiary/aromatic N) is 3. The van der Waals surface area contributed by atoms with E-state index >= 15 is 0 Å². The van der Waals surface area contributed by atoms with Crippen LogP contribution in [0.1, 0.15) is 47.0 Å². The maximum absolute atomic E-state index is 4.54. The molecule has 4 heteroatoms. The Bertz CT molecular complexity index is 232. The second kappa shape index (κ2) is 26.0. The molecular weight excluding hydrogens is 306 g/mol. The van der Waals surface area contributed by atoms with Gasteiger partial charge in [0.05, 0.1) is 0 Å².